The van der Waals surface area contributed by atoms with E-state index in [9.17, 15) is 9.18 Å². The Hall–Kier alpha value is -2.60. The number of ether oxygens (including phenoxy) is 2. The van der Waals surface area contributed by atoms with Gasteiger partial charge in [0.2, 0.25) is 12.7 Å². The highest BCUT2D eigenvalue weighted by Crippen LogP contribution is 2.32. The fraction of sp³-hybridized carbons (Fsp3) is 0.278. The van der Waals surface area contributed by atoms with Crippen molar-refractivity contribution in [2.45, 2.75) is 19.5 Å². The minimum absolute atomic E-state index is 0.186. The molecule has 2 aromatic rings. The molecule has 0 spiro atoms. The number of nitrogens with one attached hydrogen (secondary N) is 1. The van der Waals surface area contributed by atoms with Gasteiger partial charge in [0.25, 0.3) is 0 Å². The largest absolute Gasteiger partial charge is 0.454 e. The number of benzene rings is 2. The summed E-state index contributed by atoms with van der Waals surface area (Å²) >= 11 is 0. The third kappa shape index (κ3) is 3.49. The number of anilines is 1. The van der Waals surface area contributed by atoms with E-state index in [4.69, 9.17) is 9.47 Å². The molecule has 0 fully saturated rings. The molecule has 24 heavy (non-hydrogen) atoms. The highest BCUT2D eigenvalue weighted by Gasteiger charge is 2.20. The van der Waals surface area contributed by atoms with Gasteiger partial charge in [0.1, 0.15) is 5.82 Å². The second-order valence-corrected chi connectivity index (χ2v) is 5.75. The molecule has 126 valence electrons. The number of rotatable bonds is 5. The smallest absolute Gasteiger partial charge is 0.241 e. The molecule has 0 unspecified atom stereocenters. The number of amides is 1. The first-order valence-corrected chi connectivity index (χ1v) is 7.69. The number of halogens is 1. The molecule has 3 rings (SSSR count). The van der Waals surface area contributed by atoms with Crippen LogP contribution in [0.1, 0.15) is 12.5 Å². The van der Waals surface area contributed by atoms with Crippen LogP contribution in [0.4, 0.5) is 10.1 Å². The van der Waals surface area contributed by atoms with Crippen LogP contribution in [0, 0.1) is 5.82 Å². The normalized spacial score (nSPS) is 13.8. The van der Waals surface area contributed by atoms with Gasteiger partial charge in [-0.15, -0.1) is 0 Å². The Kier molecular flexibility index (Phi) is 4.66. The molecule has 1 aliphatic rings. The maximum absolute atomic E-state index is 13.6. The number of fused-ring (bicyclic) bond motifs is 1. The molecule has 0 saturated heterocycles. The van der Waals surface area contributed by atoms with Gasteiger partial charge in [-0.1, -0.05) is 18.2 Å². The molecule has 5 nitrogen and oxygen atoms in total. The fourth-order valence-corrected chi connectivity index (χ4v) is 2.46. The molecule has 1 atom stereocenters. The summed E-state index contributed by atoms with van der Waals surface area (Å²) in [5.41, 5.74) is 1.19. The second-order valence-electron chi connectivity index (χ2n) is 5.75. The summed E-state index contributed by atoms with van der Waals surface area (Å²) in [4.78, 5) is 14.2. The lowest BCUT2D eigenvalue weighted by Crippen LogP contribution is -2.39. The number of para-hydroxylation sites is 1. The van der Waals surface area contributed by atoms with Crippen molar-refractivity contribution < 1.29 is 18.7 Å². The van der Waals surface area contributed by atoms with Crippen LogP contribution in [-0.4, -0.2) is 30.7 Å². The van der Waals surface area contributed by atoms with Crippen LogP contribution in [0.3, 0.4) is 0 Å². The Balaban J connectivity index is 1.63. The Morgan fingerprint density at radius 1 is 1.25 bits per heavy atom. The van der Waals surface area contributed by atoms with E-state index in [0.717, 1.165) is 11.3 Å². The SMILES string of the molecule is C[C@@H](C(=O)Nc1ccccc1F)N(C)Cc1ccc2c(c1)OCO2. The minimum Gasteiger partial charge on any atom is -0.454 e. The zero-order valence-corrected chi connectivity index (χ0v) is 13.6. The van der Waals surface area contributed by atoms with E-state index >= 15 is 0 Å². The summed E-state index contributed by atoms with van der Waals surface area (Å²) in [5, 5.41) is 2.62. The average molecular weight is 330 g/mol. The van der Waals surface area contributed by atoms with Crippen molar-refractivity contribution in [3.63, 3.8) is 0 Å². The Labute approximate surface area is 140 Å². The second kappa shape index (κ2) is 6.88. The lowest BCUT2D eigenvalue weighted by Gasteiger charge is -2.24. The highest BCUT2D eigenvalue weighted by molar-refractivity contribution is 5.94. The van der Waals surface area contributed by atoms with Crippen LogP contribution >= 0.6 is 0 Å². The summed E-state index contributed by atoms with van der Waals surface area (Å²) in [6.07, 6.45) is 0. The summed E-state index contributed by atoms with van der Waals surface area (Å²) in [6, 6.07) is 11.4. The lowest BCUT2D eigenvalue weighted by atomic mass is 10.1. The molecule has 0 bridgehead atoms. The van der Waals surface area contributed by atoms with Crippen LogP contribution in [0.25, 0.3) is 0 Å². The standard InChI is InChI=1S/C18H19FN2O3/c1-12(18(22)20-15-6-4-3-5-14(15)19)21(2)10-13-7-8-16-17(9-13)24-11-23-16/h3-9,12H,10-11H2,1-2H3,(H,20,22)/t12-/m0/s1. The third-order valence-electron chi connectivity index (χ3n) is 4.04. The fourth-order valence-electron chi connectivity index (χ4n) is 2.46. The van der Waals surface area contributed by atoms with Crippen LogP contribution in [0.5, 0.6) is 11.5 Å². The summed E-state index contributed by atoms with van der Waals surface area (Å²) in [5.74, 6) is 0.732. The quantitative estimate of drug-likeness (QED) is 0.916. The van der Waals surface area contributed by atoms with E-state index < -0.39 is 11.9 Å². The monoisotopic (exact) mass is 330 g/mol. The summed E-state index contributed by atoms with van der Waals surface area (Å²) < 4.78 is 24.3. The van der Waals surface area contributed by atoms with Gasteiger partial charge in [-0.2, -0.15) is 0 Å². The van der Waals surface area contributed by atoms with Gasteiger partial charge in [-0.3, -0.25) is 9.69 Å². The van der Waals surface area contributed by atoms with Crippen molar-refractivity contribution in [3.8, 4) is 11.5 Å². The Bertz CT molecular complexity index is 751. The van der Waals surface area contributed by atoms with Gasteiger partial charge >= 0.3 is 0 Å². The van der Waals surface area contributed by atoms with E-state index in [0.29, 0.717) is 12.3 Å². The number of hydrogen-bond acceptors (Lipinski definition) is 4. The van der Waals surface area contributed by atoms with Crippen LogP contribution < -0.4 is 14.8 Å². The van der Waals surface area contributed by atoms with Crippen LogP contribution in [0.15, 0.2) is 42.5 Å². The lowest BCUT2D eigenvalue weighted by molar-refractivity contribution is -0.120. The molecule has 1 amide bonds. The topological polar surface area (TPSA) is 50.8 Å². The zero-order valence-electron chi connectivity index (χ0n) is 13.6. The summed E-state index contributed by atoms with van der Waals surface area (Å²) in [7, 11) is 1.84. The van der Waals surface area contributed by atoms with Crippen molar-refractivity contribution in [1.29, 1.82) is 0 Å². The van der Waals surface area contributed by atoms with Gasteiger partial charge in [0, 0.05) is 6.54 Å². The van der Waals surface area contributed by atoms with Crippen molar-refractivity contribution in [2.24, 2.45) is 0 Å². The van der Waals surface area contributed by atoms with Crippen LogP contribution in [0.2, 0.25) is 0 Å². The van der Waals surface area contributed by atoms with Crippen molar-refractivity contribution in [3.05, 3.63) is 53.8 Å². The van der Waals surface area contributed by atoms with E-state index in [1.54, 1.807) is 19.1 Å². The third-order valence-corrected chi connectivity index (χ3v) is 4.04. The molecule has 0 aliphatic carbocycles. The van der Waals surface area contributed by atoms with E-state index in [2.05, 4.69) is 5.32 Å². The Morgan fingerprint density at radius 3 is 2.79 bits per heavy atom. The molecule has 0 aromatic heterocycles. The number of likely N-dealkylation sites (N-methyl/N-ethyl adjacent to an activating group) is 1. The molecular weight excluding hydrogens is 311 g/mol. The zero-order chi connectivity index (χ0) is 17.1. The van der Waals surface area contributed by atoms with Gasteiger partial charge in [0.15, 0.2) is 11.5 Å². The first kappa shape index (κ1) is 16.3. The van der Waals surface area contributed by atoms with Gasteiger partial charge in [-0.25, -0.2) is 4.39 Å². The molecular formula is C18H19FN2O3. The molecule has 6 heteroatoms. The molecule has 0 radical (unpaired) electrons. The maximum atomic E-state index is 13.6. The molecule has 1 aliphatic heterocycles. The number of hydrogen-bond donors (Lipinski definition) is 1. The van der Waals surface area contributed by atoms with Crippen LogP contribution in [-0.2, 0) is 11.3 Å². The number of nitrogens with zero attached hydrogens (tertiary/aromatic N) is 1. The van der Waals surface area contributed by atoms with Gasteiger partial charge in [0.05, 0.1) is 11.7 Å². The Morgan fingerprint density at radius 2 is 2.00 bits per heavy atom. The molecule has 1 N–H and O–H groups in total. The first-order valence-electron chi connectivity index (χ1n) is 7.69. The molecule has 1 heterocycles. The summed E-state index contributed by atoms with van der Waals surface area (Å²) in [6.45, 7) is 2.57. The van der Waals surface area contributed by atoms with Crippen molar-refractivity contribution >= 4 is 11.6 Å². The molecule has 2 aromatic carbocycles. The van der Waals surface area contributed by atoms with Gasteiger partial charge in [-0.05, 0) is 43.8 Å². The maximum Gasteiger partial charge on any atom is 0.241 e. The number of carbonyl (C=O) groups is 1. The molecule has 0 saturated carbocycles. The highest BCUT2D eigenvalue weighted by atomic mass is 19.1. The average Bonchev–Trinajstić information content (AvgIpc) is 3.03. The van der Waals surface area contributed by atoms with E-state index in [1.165, 1.54) is 12.1 Å². The minimum atomic E-state index is -0.448. The first-order chi connectivity index (χ1) is 11.5. The van der Waals surface area contributed by atoms with Gasteiger partial charge < -0.3 is 14.8 Å². The number of carbonyl (C=O) groups excluding carboxylic acids is 1. The predicted molar refractivity (Wildman–Crippen MR) is 88.5 cm³/mol. The van der Waals surface area contributed by atoms with E-state index in [1.807, 2.05) is 30.1 Å². The van der Waals surface area contributed by atoms with Crippen molar-refractivity contribution in [2.75, 3.05) is 19.2 Å². The van der Waals surface area contributed by atoms with Crippen molar-refractivity contribution in [1.82, 2.24) is 4.90 Å². The predicted octanol–water partition coefficient (Wildman–Crippen LogP) is 3.01. The van der Waals surface area contributed by atoms with E-state index in [-0.39, 0.29) is 18.4 Å².